The molecule has 1 aliphatic rings. The summed E-state index contributed by atoms with van der Waals surface area (Å²) in [5.41, 5.74) is 0. The fraction of sp³-hybridized carbons (Fsp3) is 0.667. The molecule has 1 aromatic heterocycles. The van der Waals surface area contributed by atoms with Gasteiger partial charge < -0.3 is 4.90 Å². The van der Waals surface area contributed by atoms with Gasteiger partial charge in [0.25, 0.3) is 0 Å². The van der Waals surface area contributed by atoms with Gasteiger partial charge in [-0.2, -0.15) is 13.2 Å². The molecule has 19 heavy (non-hydrogen) atoms. The SMILES string of the molecule is CCc1nc(Br)cc(N2CCC(C(F)(F)F)CC2)n1. The number of hydrogen-bond acceptors (Lipinski definition) is 3. The van der Waals surface area contributed by atoms with Gasteiger partial charge in [-0.1, -0.05) is 6.92 Å². The summed E-state index contributed by atoms with van der Waals surface area (Å²) in [5.74, 6) is 0.223. The first-order valence-corrected chi connectivity index (χ1v) is 7.04. The van der Waals surface area contributed by atoms with Crippen molar-refractivity contribution in [3.05, 3.63) is 16.5 Å². The second-order valence-electron chi connectivity index (χ2n) is 4.62. The molecule has 106 valence electrons. The summed E-state index contributed by atoms with van der Waals surface area (Å²) in [7, 11) is 0. The van der Waals surface area contributed by atoms with E-state index in [1.54, 1.807) is 6.07 Å². The number of halogens is 4. The number of anilines is 1. The number of piperidine rings is 1. The van der Waals surface area contributed by atoms with Crippen molar-refractivity contribution >= 4 is 21.7 Å². The van der Waals surface area contributed by atoms with E-state index in [0.717, 1.165) is 0 Å². The predicted octanol–water partition coefficient (Wildman–Crippen LogP) is 3.58. The van der Waals surface area contributed by atoms with Crippen LogP contribution in [-0.2, 0) is 6.42 Å². The Hall–Kier alpha value is -0.850. The highest BCUT2D eigenvalue weighted by molar-refractivity contribution is 9.10. The predicted molar refractivity (Wildman–Crippen MR) is 70.1 cm³/mol. The van der Waals surface area contributed by atoms with Gasteiger partial charge in [0.2, 0.25) is 0 Å². The summed E-state index contributed by atoms with van der Waals surface area (Å²) in [5, 5.41) is 0. The van der Waals surface area contributed by atoms with Crippen LogP contribution in [0.3, 0.4) is 0 Å². The maximum absolute atomic E-state index is 12.6. The van der Waals surface area contributed by atoms with Crippen molar-refractivity contribution in [3.63, 3.8) is 0 Å². The van der Waals surface area contributed by atoms with E-state index in [0.29, 0.717) is 35.8 Å². The van der Waals surface area contributed by atoms with Crippen LogP contribution in [0, 0.1) is 5.92 Å². The lowest BCUT2D eigenvalue weighted by molar-refractivity contribution is -0.179. The van der Waals surface area contributed by atoms with Crippen LogP contribution >= 0.6 is 15.9 Å². The first-order valence-electron chi connectivity index (χ1n) is 6.25. The van der Waals surface area contributed by atoms with Gasteiger partial charge in [-0.15, -0.1) is 0 Å². The third-order valence-electron chi connectivity index (χ3n) is 3.33. The molecule has 7 heteroatoms. The van der Waals surface area contributed by atoms with Crippen molar-refractivity contribution in [2.24, 2.45) is 5.92 Å². The van der Waals surface area contributed by atoms with E-state index in [9.17, 15) is 13.2 Å². The fourth-order valence-electron chi connectivity index (χ4n) is 2.21. The van der Waals surface area contributed by atoms with E-state index in [1.807, 2.05) is 11.8 Å². The van der Waals surface area contributed by atoms with E-state index in [-0.39, 0.29) is 12.8 Å². The van der Waals surface area contributed by atoms with Gasteiger partial charge in [-0.3, -0.25) is 0 Å². The van der Waals surface area contributed by atoms with Crippen LogP contribution in [0.1, 0.15) is 25.6 Å². The first-order chi connectivity index (χ1) is 8.90. The van der Waals surface area contributed by atoms with Crippen LogP contribution in [0.25, 0.3) is 0 Å². The molecule has 0 spiro atoms. The highest BCUT2D eigenvalue weighted by atomic mass is 79.9. The van der Waals surface area contributed by atoms with E-state index in [4.69, 9.17) is 0 Å². The zero-order chi connectivity index (χ0) is 14.0. The summed E-state index contributed by atoms with van der Waals surface area (Å²) in [6.07, 6.45) is -3.11. The Labute approximate surface area is 118 Å². The zero-order valence-corrected chi connectivity index (χ0v) is 12.1. The summed E-state index contributed by atoms with van der Waals surface area (Å²) in [4.78, 5) is 10.5. The molecule has 3 nitrogen and oxygen atoms in total. The zero-order valence-electron chi connectivity index (χ0n) is 10.5. The van der Waals surface area contributed by atoms with Crippen LogP contribution in [0.4, 0.5) is 19.0 Å². The second-order valence-corrected chi connectivity index (χ2v) is 5.43. The molecule has 2 heterocycles. The van der Waals surface area contributed by atoms with Gasteiger partial charge in [0.05, 0.1) is 5.92 Å². The molecule has 0 aliphatic carbocycles. The molecule has 0 unspecified atom stereocenters. The molecule has 1 fully saturated rings. The Kier molecular flexibility index (Phi) is 4.32. The van der Waals surface area contributed by atoms with Crippen molar-refractivity contribution < 1.29 is 13.2 Å². The lowest BCUT2D eigenvalue weighted by Crippen LogP contribution is -2.39. The van der Waals surface area contributed by atoms with Crippen LogP contribution in [-0.4, -0.2) is 29.2 Å². The molecule has 0 N–H and O–H groups in total. The maximum atomic E-state index is 12.6. The highest BCUT2D eigenvalue weighted by Crippen LogP contribution is 2.35. The minimum Gasteiger partial charge on any atom is -0.356 e. The number of aryl methyl sites for hydroxylation is 1. The lowest BCUT2D eigenvalue weighted by Gasteiger charge is -2.33. The van der Waals surface area contributed by atoms with E-state index >= 15 is 0 Å². The number of nitrogens with zero attached hydrogens (tertiary/aromatic N) is 3. The van der Waals surface area contributed by atoms with E-state index in [2.05, 4.69) is 25.9 Å². The van der Waals surface area contributed by atoms with Crippen molar-refractivity contribution in [3.8, 4) is 0 Å². The molecule has 1 aromatic rings. The van der Waals surface area contributed by atoms with Crippen molar-refractivity contribution in [1.29, 1.82) is 0 Å². The number of hydrogen-bond donors (Lipinski definition) is 0. The average molecular weight is 338 g/mol. The topological polar surface area (TPSA) is 29.0 Å². The first kappa shape index (κ1) is 14.6. The molecule has 0 atom stereocenters. The third-order valence-corrected chi connectivity index (χ3v) is 3.73. The average Bonchev–Trinajstić information content (AvgIpc) is 2.37. The summed E-state index contributed by atoms with van der Waals surface area (Å²) in [6.45, 7) is 2.72. The standard InChI is InChI=1S/C12H15BrF3N3/c1-2-10-17-9(13)7-11(18-10)19-5-3-8(4-6-19)12(14,15)16/h7-8H,2-6H2,1H3. The van der Waals surface area contributed by atoms with Gasteiger partial charge in [0.1, 0.15) is 16.2 Å². The quantitative estimate of drug-likeness (QED) is 0.772. The Morgan fingerprint density at radius 2 is 1.95 bits per heavy atom. The monoisotopic (exact) mass is 337 g/mol. The normalized spacial score (nSPS) is 17.8. The molecule has 0 amide bonds. The Morgan fingerprint density at radius 3 is 2.47 bits per heavy atom. The largest absolute Gasteiger partial charge is 0.391 e. The molecule has 0 bridgehead atoms. The molecule has 0 radical (unpaired) electrons. The van der Waals surface area contributed by atoms with Crippen LogP contribution in [0.15, 0.2) is 10.7 Å². The van der Waals surface area contributed by atoms with Crippen molar-refractivity contribution in [1.82, 2.24) is 9.97 Å². The third kappa shape index (κ3) is 3.58. The van der Waals surface area contributed by atoms with Crippen LogP contribution in [0.5, 0.6) is 0 Å². The minimum absolute atomic E-state index is 0.132. The van der Waals surface area contributed by atoms with Gasteiger partial charge in [-0.25, -0.2) is 9.97 Å². The van der Waals surface area contributed by atoms with E-state index < -0.39 is 12.1 Å². The van der Waals surface area contributed by atoms with Crippen molar-refractivity contribution in [2.75, 3.05) is 18.0 Å². The Balaban J connectivity index is 2.07. The van der Waals surface area contributed by atoms with Crippen LogP contribution < -0.4 is 4.90 Å². The Bertz CT molecular complexity index is 442. The molecule has 2 rings (SSSR count). The number of rotatable bonds is 2. The number of aromatic nitrogens is 2. The fourth-order valence-corrected chi connectivity index (χ4v) is 2.62. The maximum Gasteiger partial charge on any atom is 0.391 e. The summed E-state index contributed by atoms with van der Waals surface area (Å²) >= 11 is 3.31. The van der Waals surface area contributed by atoms with Gasteiger partial charge in [0.15, 0.2) is 0 Å². The smallest absolute Gasteiger partial charge is 0.356 e. The van der Waals surface area contributed by atoms with Crippen molar-refractivity contribution in [2.45, 2.75) is 32.4 Å². The summed E-state index contributed by atoms with van der Waals surface area (Å²) in [6, 6.07) is 1.76. The molecular formula is C12H15BrF3N3. The molecule has 0 saturated carbocycles. The molecule has 0 aromatic carbocycles. The lowest BCUT2D eigenvalue weighted by atomic mass is 9.96. The van der Waals surface area contributed by atoms with Gasteiger partial charge >= 0.3 is 6.18 Å². The van der Waals surface area contributed by atoms with Gasteiger partial charge in [-0.05, 0) is 28.8 Å². The van der Waals surface area contributed by atoms with E-state index in [1.165, 1.54) is 0 Å². The number of alkyl halides is 3. The minimum atomic E-state index is -4.08. The second kappa shape index (κ2) is 5.64. The Morgan fingerprint density at radius 1 is 1.32 bits per heavy atom. The highest BCUT2D eigenvalue weighted by Gasteiger charge is 2.41. The molecule has 1 saturated heterocycles. The van der Waals surface area contributed by atoms with Gasteiger partial charge in [0, 0.05) is 25.6 Å². The summed E-state index contributed by atoms with van der Waals surface area (Å²) < 4.78 is 38.5. The molecule has 1 aliphatic heterocycles. The van der Waals surface area contributed by atoms with Crippen LogP contribution in [0.2, 0.25) is 0 Å². The molecular weight excluding hydrogens is 323 g/mol.